The minimum absolute atomic E-state index is 0.142. The average Bonchev–Trinajstić information content (AvgIpc) is 3.44. The van der Waals surface area contributed by atoms with Crippen molar-refractivity contribution in [3.05, 3.63) is 66.3 Å². The van der Waals surface area contributed by atoms with Crippen LogP contribution < -0.4 is 10.6 Å². The largest absolute Gasteiger partial charge is 0.326 e. The summed E-state index contributed by atoms with van der Waals surface area (Å²) in [5.41, 5.74) is 1.15. The molecule has 2 saturated heterocycles. The van der Waals surface area contributed by atoms with Gasteiger partial charge in [-0.1, -0.05) is 107 Å². The zero-order valence-corrected chi connectivity index (χ0v) is 30.5. The zero-order valence-electron chi connectivity index (χ0n) is 24.2. The maximum absolute atomic E-state index is 13.2. The number of thioether (sulfide) groups is 2. The molecule has 0 bridgehead atoms. The first-order chi connectivity index (χ1) is 21.9. The van der Waals surface area contributed by atoms with Gasteiger partial charge in [0.05, 0.1) is 29.9 Å². The van der Waals surface area contributed by atoms with E-state index in [-0.39, 0.29) is 23.6 Å². The Morgan fingerprint density at radius 1 is 0.609 bits per heavy atom. The van der Waals surface area contributed by atoms with Gasteiger partial charge in [0.2, 0.25) is 11.8 Å². The predicted molar refractivity (Wildman–Crippen MR) is 198 cm³/mol. The minimum atomic E-state index is -0.305. The highest BCUT2D eigenvalue weighted by atomic mass is 35.5. The summed E-state index contributed by atoms with van der Waals surface area (Å²) in [4.78, 5) is 54.5. The Labute approximate surface area is 306 Å². The first kappa shape index (κ1) is 36.9. The van der Waals surface area contributed by atoms with Crippen molar-refractivity contribution in [2.24, 2.45) is 0 Å². The van der Waals surface area contributed by atoms with E-state index in [1.54, 1.807) is 36.4 Å². The van der Waals surface area contributed by atoms with E-state index in [9.17, 15) is 19.2 Å². The van der Waals surface area contributed by atoms with E-state index in [0.29, 0.717) is 114 Å². The Morgan fingerprint density at radius 3 is 1.37 bits per heavy atom. The lowest BCUT2D eigenvalue weighted by molar-refractivity contribution is -0.124. The monoisotopic (exact) mass is 776 g/mol. The molecule has 2 heterocycles. The number of hydrogen-bond donors (Lipinski definition) is 2. The van der Waals surface area contributed by atoms with Gasteiger partial charge in [-0.05, 0) is 62.1 Å². The third-order valence-electron chi connectivity index (χ3n) is 6.88. The van der Waals surface area contributed by atoms with Crippen molar-refractivity contribution in [1.29, 1.82) is 0 Å². The molecule has 2 N–H and O–H groups in total. The molecule has 0 radical (unpaired) electrons. The van der Waals surface area contributed by atoms with Crippen LogP contribution in [0, 0.1) is 0 Å². The van der Waals surface area contributed by atoms with Crippen LogP contribution in [0.4, 0.5) is 11.4 Å². The quantitative estimate of drug-likeness (QED) is 0.112. The molecule has 0 aromatic heterocycles. The number of amides is 4. The molecular formula is C30H28Cl4N4O4S4. The summed E-state index contributed by atoms with van der Waals surface area (Å²) in [5.74, 6) is -0.894. The number of nitrogens with zero attached hydrogens (tertiary/aromatic N) is 2. The third-order valence-corrected chi connectivity index (χ3v) is 11.4. The summed E-state index contributed by atoms with van der Waals surface area (Å²) >= 11 is 36.9. The number of benzene rings is 2. The summed E-state index contributed by atoms with van der Waals surface area (Å²) in [5, 5.41) is 7.13. The molecule has 2 aromatic carbocycles. The van der Waals surface area contributed by atoms with Crippen LogP contribution >= 0.6 is 94.4 Å². The van der Waals surface area contributed by atoms with E-state index in [1.165, 1.54) is 9.80 Å². The Kier molecular flexibility index (Phi) is 14.0. The molecule has 46 heavy (non-hydrogen) atoms. The number of hydrogen-bond acceptors (Lipinski definition) is 8. The van der Waals surface area contributed by atoms with Crippen molar-refractivity contribution in [2.45, 2.75) is 51.4 Å². The first-order valence-electron chi connectivity index (χ1n) is 14.3. The van der Waals surface area contributed by atoms with Crippen molar-refractivity contribution in [1.82, 2.24) is 9.80 Å². The van der Waals surface area contributed by atoms with Crippen LogP contribution in [-0.4, -0.2) is 55.2 Å². The van der Waals surface area contributed by atoms with Crippen molar-refractivity contribution in [2.75, 3.05) is 23.7 Å². The Bertz CT molecular complexity index is 1490. The van der Waals surface area contributed by atoms with Crippen molar-refractivity contribution in [3.63, 3.8) is 0 Å². The molecule has 2 fully saturated rings. The van der Waals surface area contributed by atoms with E-state index >= 15 is 0 Å². The van der Waals surface area contributed by atoms with Gasteiger partial charge < -0.3 is 10.6 Å². The SMILES string of the molecule is O=C(CCCCCN1C(=O)C(=C2SC(=S)N(CCCCCC(=O)Nc3ccc(Cl)c(Cl)c3)C2=O)SC1=S)Nc1ccc(Cl)c(Cl)c1. The number of rotatable bonds is 14. The first-order valence-corrected chi connectivity index (χ1v) is 18.2. The van der Waals surface area contributed by atoms with Crippen LogP contribution in [0.25, 0.3) is 0 Å². The molecule has 0 atom stereocenters. The standard InChI is InChI=1S/C30H28Cl4N4O4S4/c31-19-11-9-17(15-21(19)33)35-23(39)7-3-1-5-13-37-27(41)25(45-29(37)43)26-28(42)38(30(44)46-26)14-6-2-4-8-24(40)36-18-10-12-20(32)22(34)16-18/h9-12,15-16H,1-8,13-14H2,(H,35,39)(H,36,40). The Hall–Kier alpha value is -1.90. The lowest BCUT2D eigenvalue weighted by Crippen LogP contribution is -2.31. The molecule has 2 aromatic rings. The highest BCUT2D eigenvalue weighted by Gasteiger charge is 2.41. The summed E-state index contributed by atoms with van der Waals surface area (Å²) < 4.78 is 0.781. The van der Waals surface area contributed by atoms with Crippen LogP contribution in [0.1, 0.15) is 51.4 Å². The fraction of sp³-hybridized carbons (Fsp3) is 0.333. The van der Waals surface area contributed by atoms with E-state index < -0.39 is 0 Å². The van der Waals surface area contributed by atoms with Gasteiger partial charge >= 0.3 is 0 Å². The molecule has 4 amide bonds. The molecule has 2 aliphatic rings. The van der Waals surface area contributed by atoms with Gasteiger partial charge in [-0.2, -0.15) is 0 Å². The molecule has 4 rings (SSSR count). The highest BCUT2D eigenvalue weighted by molar-refractivity contribution is 8.29. The molecule has 0 unspecified atom stereocenters. The van der Waals surface area contributed by atoms with Gasteiger partial charge in [0.15, 0.2) is 0 Å². The topological polar surface area (TPSA) is 98.8 Å². The zero-order chi connectivity index (χ0) is 33.4. The van der Waals surface area contributed by atoms with Crippen LogP contribution in [0.15, 0.2) is 46.2 Å². The summed E-state index contributed by atoms with van der Waals surface area (Å²) in [6, 6.07) is 9.79. The van der Waals surface area contributed by atoms with Gasteiger partial charge in [0, 0.05) is 37.3 Å². The summed E-state index contributed by atoms with van der Waals surface area (Å²) in [6.07, 6.45) is 4.59. The van der Waals surface area contributed by atoms with Crippen LogP contribution in [0.5, 0.6) is 0 Å². The number of nitrogens with one attached hydrogen (secondary N) is 2. The van der Waals surface area contributed by atoms with Gasteiger partial charge in [-0.25, -0.2) is 0 Å². The average molecular weight is 779 g/mol. The van der Waals surface area contributed by atoms with Crippen LogP contribution in [0.2, 0.25) is 20.1 Å². The third kappa shape index (κ3) is 10.1. The van der Waals surface area contributed by atoms with Crippen molar-refractivity contribution < 1.29 is 19.2 Å². The van der Waals surface area contributed by atoms with Gasteiger partial charge in [0.1, 0.15) is 8.64 Å². The minimum Gasteiger partial charge on any atom is -0.326 e. The molecule has 16 heteroatoms. The number of thiocarbonyl (C=S) groups is 2. The van der Waals surface area contributed by atoms with E-state index in [2.05, 4.69) is 10.6 Å². The predicted octanol–water partition coefficient (Wildman–Crippen LogP) is 8.93. The lowest BCUT2D eigenvalue weighted by Gasteiger charge is -2.14. The number of unbranched alkanes of at least 4 members (excludes halogenated alkanes) is 4. The Balaban J connectivity index is 1.17. The molecule has 0 spiro atoms. The smallest absolute Gasteiger partial charge is 0.267 e. The number of carbonyl (C=O) groups is 4. The van der Waals surface area contributed by atoms with Crippen LogP contribution in [0.3, 0.4) is 0 Å². The molecule has 0 aliphatic carbocycles. The van der Waals surface area contributed by atoms with Crippen LogP contribution in [-0.2, 0) is 19.2 Å². The molecular weight excluding hydrogens is 750 g/mol. The van der Waals surface area contributed by atoms with E-state index in [1.807, 2.05) is 0 Å². The van der Waals surface area contributed by atoms with Gasteiger partial charge in [-0.15, -0.1) is 0 Å². The second-order valence-corrected chi connectivity index (χ2v) is 15.2. The molecule has 8 nitrogen and oxygen atoms in total. The van der Waals surface area contributed by atoms with Gasteiger partial charge in [-0.3, -0.25) is 29.0 Å². The fourth-order valence-corrected chi connectivity index (χ4v) is 7.88. The molecule has 0 saturated carbocycles. The van der Waals surface area contributed by atoms with Gasteiger partial charge in [0.25, 0.3) is 11.8 Å². The van der Waals surface area contributed by atoms with E-state index in [4.69, 9.17) is 70.8 Å². The maximum Gasteiger partial charge on any atom is 0.267 e. The number of carbonyl (C=O) groups excluding carboxylic acids is 4. The maximum atomic E-state index is 13.2. The molecule has 2 aliphatic heterocycles. The second-order valence-electron chi connectivity index (χ2n) is 10.3. The summed E-state index contributed by atoms with van der Waals surface area (Å²) in [6.45, 7) is 0.781. The lowest BCUT2D eigenvalue weighted by atomic mass is 10.1. The highest BCUT2D eigenvalue weighted by Crippen LogP contribution is 2.42. The van der Waals surface area contributed by atoms with Crippen molar-refractivity contribution >= 4 is 138 Å². The van der Waals surface area contributed by atoms with E-state index in [0.717, 1.165) is 23.5 Å². The number of anilines is 2. The molecule has 244 valence electrons. The second kappa shape index (κ2) is 17.5. The fourth-order valence-electron chi connectivity index (χ4n) is 4.51. The Morgan fingerprint density at radius 2 is 1.00 bits per heavy atom. The summed E-state index contributed by atoms with van der Waals surface area (Å²) in [7, 11) is 0. The number of halogens is 4. The normalized spacial score (nSPS) is 16.5. The van der Waals surface area contributed by atoms with Crippen molar-refractivity contribution in [3.8, 4) is 0 Å².